The van der Waals surface area contributed by atoms with Crippen LogP contribution in [0.5, 0.6) is 0 Å². The Morgan fingerprint density at radius 2 is 1.93 bits per heavy atom. The molecule has 5 nitrogen and oxygen atoms in total. The van der Waals surface area contributed by atoms with Crippen molar-refractivity contribution in [1.82, 2.24) is 0 Å². The summed E-state index contributed by atoms with van der Waals surface area (Å²) in [6.07, 6.45) is 0. The summed E-state index contributed by atoms with van der Waals surface area (Å²) in [6.45, 7) is 0. The van der Waals surface area contributed by atoms with E-state index in [1.54, 1.807) is 41.3 Å². The van der Waals surface area contributed by atoms with Crippen LogP contribution in [0.4, 0.5) is 10.1 Å². The van der Waals surface area contributed by atoms with E-state index in [1.165, 1.54) is 23.9 Å². The minimum absolute atomic E-state index is 0.00739. The third kappa shape index (κ3) is 3.61. The Labute approximate surface area is 165 Å². The van der Waals surface area contributed by atoms with Gasteiger partial charge in [0.15, 0.2) is 15.0 Å². The lowest BCUT2D eigenvalue weighted by molar-refractivity contribution is 0.100. The molecule has 2 aromatic rings. The van der Waals surface area contributed by atoms with E-state index < -0.39 is 27.6 Å². The zero-order valence-corrected chi connectivity index (χ0v) is 16.3. The third-order valence-electron chi connectivity index (χ3n) is 4.47. The Morgan fingerprint density at radius 3 is 2.63 bits per heavy atom. The molecule has 2 atom stereocenters. The number of aliphatic imine (C=N–C) groups is 1. The zero-order chi connectivity index (χ0) is 19.2. The monoisotopic (exact) mass is 424 g/mol. The molecule has 2 saturated heterocycles. The van der Waals surface area contributed by atoms with E-state index in [2.05, 4.69) is 4.99 Å². The van der Waals surface area contributed by atoms with Gasteiger partial charge in [-0.1, -0.05) is 41.6 Å². The summed E-state index contributed by atoms with van der Waals surface area (Å²) in [4.78, 5) is 18.3. The molecule has 4 rings (SSSR count). The van der Waals surface area contributed by atoms with Gasteiger partial charge in [0.2, 0.25) is 0 Å². The van der Waals surface area contributed by atoms with E-state index in [9.17, 15) is 17.6 Å². The molecule has 27 heavy (non-hydrogen) atoms. The number of rotatable bonds is 2. The van der Waals surface area contributed by atoms with Gasteiger partial charge in [0, 0.05) is 16.5 Å². The summed E-state index contributed by atoms with van der Waals surface area (Å²) in [7, 11) is -3.19. The quantitative estimate of drug-likeness (QED) is 0.739. The van der Waals surface area contributed by atoms with Crippen molar-refractivity contribution in [3.8, 4) is 0 Å². The van der Waals surface area contributed by atoms with Gasteiger partial charge in [0.05, 0.1) is 22.6 Å². The first-order valence-corrected chi connectivity index (χ1v) is 11.2. The molecule has 0 spiro atoms. The Morgan fingerprint density at radius 1 is 1.19 bits per heavy atom. The van der Waals surface area contributed by atoms with E-state index >= 15 is 0 Å². The molecule has 2 heterocycles. The van der Waals surface area contributed by atoms with Gasteiger partial charge in [-0.05, 0) is 30.3 Å². The van der Waals surface area contributed by atoms with Crippen molar-refractivity contribution in [2.45, 2.75) is 11.3 Å². The van der Waals surface area contributed by atoms with Gasteiger partial charge in [-0.3, -0.25) is 4.79 Å². The summed E-state index contributed by atoms with van der Waals surface area (Å²) >= 11 is 7.01. The SMILES string of the molecule is O=C(N=C1S[C@@H]2CS(=O)(=O)C[C@@H]2N1c1ccc(Cl)c(F)c1)c1ccccc1. The second-order valence-corrected chi connectivity index (χ2v) is 10.1. The summed E-state index contributed by atoms with van der Waals surface area (Å²) in [6, 6.07) is 12.4. The summed E-state index contributed by atoms with van der Waals surface area (Å²) < 4.78 is 38.1. The predicted molar refractivity (Wildman–Crippen MR) is 106 cm³/mol. The number of sulfone groups is 1. The number of hydrogen-bond donors (Lipinski definition) is 0. The van der Waals surface area contributed by atoms with Crippen LogP contribution < -0.4 is 4.90 Å². The summed E-state index contributed by atoms with van der Waals surface area (Å²) in [5.74, 6) is -1.10. The average molecular weight is 425 g/mol. The molecule has 0 radical (unpaired) electrons. The van der Waals surface area contributed by atoms with Crippen LogP contribution in [0.15, 0.2) is 53.5 Å². The number of nitrogens with zero attached hydrogens (tertiary/aromatic N) is 2. The Balaban J connectivity index is 1.75. The molecule has 2 aromatic carbocycles. The number of halogens is 2. The molecular weight excluding hydrogens is 411 g/mol. The van der Waals surface area contributed by atoms with E-state index in [4.69, 9.17) is 11.6 Å². The summed E-state index contributed by atoms with van der Waals surface area (Å²) in [5, 5.41) is 0.0894. The molecule has 2 fully saturated rings. The van der Waals surface area contributed by atoms with Gasteiger partial charge in [-0.15, -0.1) is 0 Å². The van der Waals surface area contributed by atoms with Crippen LogP contribution in [-0.4, -0.2) is 42.3 Å². The number of hydrogen-bond acceptors (Lipinski definition) is 4. The van der Waals surface area contributed by atoms with Crippen LogP contribution in [0.1, 0.15) is 10.4 Å². The Hall–Kier alpha value is -1.90. The second kappa shape index (κ2) is 6.92. The van der Waals surface area contributed by atoms with Crippen LogP contribution >= 0.6 is 23.4 Å². The number of benzene rings is 2. The van der Waals surface area contributed by atoms with Gasteiger partial charge < -0.3 is 4.90 Å². The number of amides is 1. The van der Waals surface area contributed by atoms with Gasteiger partial charge >= 0.3 is 0 Å². The number of carbonyl (C=O) groups is 1. The minimum atomic E-state index is -3.19. The van der Waals surface area contributed by atoms with Crippen molar-refractivity contribution in [1.29, 1.82) is 0 Å². The van der Waals surface area contributed by atoms with Crippen molar-refractivity contribution in [2.75, 3.05) is 16.4 Å². The molecule has 140 valence electrons. The van der Waals surface area contributed by atoms with Gasteiger partial charge in [0.1, 0.15) is 5.82 Å². The second-order valence-electron chi connectivity index (χ2n) is 6.33. The molecule has 0 aromatic heterocycles. The maximum Gasteiger partial charge on any atom is 0.279 e. The normalized spacial score (nSPS) is 25.0. The maximum absolute atomic E-state index is 14.0. The summed E-state index contributed by atoms with van der Waals surface area (Å²) in [5.41, 5.74) is 0.853. The van der Waals surface area contributed by atoms with Crippen molar-refractivity contribution in [3.05, 3.63) is 64.9 Å². The molecule has 9 heteroatoms. The van der Waals surface area contributed by atoms with E-state index in [0.29, 0.717) is 16.4 Å². The molecular formula is C18H14ClFN2O3S2. The first kappa shape index (κ1) is 18.5. The topological polar surface area (TPSA) is 66.8 Å². The lowest BCUT2D eigenvalue weighted by Gasteiger charge is -2.24. The molecule has 0 aliphatic carbocycles. The molecule has 0 saturated carbocycles. The Kier molecular flexibility index (Phi) is 4.73. The average Bonchev–Trinajstić information content (AvgIpc) is 3.09. The molecule has 2 aliphatic rings. The van der Waals surface area contributed by atoms with E-state index in [0.717, 1.165) is 0 Å². The van der Waals surface area contributed by atoms with Crippen molar-refractivity contribution in [3.63, 3.8) is 0 Å². The van der Waals surface area contributed by atoms with Crippen LogP contribution in [-0.2, 0) is 9.84 Å². The highest BCUT2D eigenvalue weighted by atomic mass is 35.5. The number of anilines is 1. The highest BCUT2D eigenvalue weighted by Gasteiger charge is 2.49. The molecule has 0 bridgehead atoms. The fraction of sp³-hybridized carbons (Fsp3) is 0.222. The van der Waals surface area contributed by atoms with Gasteiger partial charge in [0.25, 0.3) is 5.91 Å². The number of fused-ring (bicyclic) bond motifs is 1. The molecule has 1 amide bonds. The maximum atomic E-state index is 14.0. The molecule has 0 unspecified atom stereocenters. The van der Waals surface area contributed by atoms with E-state index in [1.807, 2.05) is 0 Å². The number of thioether (sulfide) groups is 1. The third-order valence-corrected chi connectivity index (χ3v) is 7.98. The molecule has 2 aliphatic heterocycles. The van der Waals surface area contributed by atoms with E-state index in [-0.39, 0.29) is 21.8 Å². The lowest BCUT2D eigenvalue weighted by Crippen LogP contribution is -2.37. The van der Waals surface area contributed by atoms with Crippen LogP contribution in [0.3, 0.4) is 0 Å². The zero-order valence-electron chi connectivity index (χ0n) is 13.9. The fourth-order valence-electron chi connectivity index (χ4n) is 3.23. The van der Waals surface area contributed by atoms with Crippen LogP contribution in [0.25, 0.3) is 0 Å². The largest absolute Gasteiger partial charge is 0.315 e. The van der Waals surface area contributed by atoms with Crippen molar-refractivity contribution in [2.24, 2.45) is 4.99 Å². The highest BCUT2D eigenvalue weighted by molar-refractivity contribution is 8.16. The smallest absolute Gasteiger partial charge is 0.279 e. The number of carbonyl (C=O) groups excluding carboxylic acids is 1. The predicted octanol–water partition coefficient (Wildman–Crippen LogP) is 3.39. The van der Waals surface area contributed by atoms with Crippen molar-refractivity contribution < 1.29 is 17.6 Å². The van der Waals surface area contributed by atoms with Crippen LogP contribution in [0.2, 0.25) is 5.02 Å². The van der Waals surface area contributed by atoms with Crippen LogP contribution in [0, 0.1) is 5.82 Å². The Bertz CT molecular complexity index is 1040. The standard InChI is InChI=1S/C18H14ClFN2O3S2/c19-13-7-6-12(8-14(13)20)22-15-9-27(24,25)10-16(15)26-18(22)21-17(23)11-4-2-1-3-5-11/h1-8,15-16H,9-10H2/t15-,16+/m0/s1. The first-order chi connectivity index (χ1) is 12.8. The van der Waals surface area contributed by atoms with Gasteiger partial charge in [-0.2, -0.15) is 4.99 Å². The lowest BCUT2D eigenvalue weighted by atomic mass is 10.2. The first-order valence-electron chi connectivity index (χ1n) is 8.13. The number of amidine groups is 1. The van der Waals surface area contributed by atoms with Gasteiger partial charge in [-0.25, -0.2) is 12.8 Å². The highest BCUT2D eigenvalue weighted by Crippen LogP contribution is 2.41. The fourth-order valence-corrected chi connectivity index (χ4v) is 7.26. The molecule has 0 N–H and O–H groups in total. The minimum Gasteiger partial charge on any atom is -0.315 e. The van der Waals surface area contributed by atoms with Crippen molar-refractivity contribution >= 4 is 50.0 Å².